The van der Waals surface area contributed by atoms with Gasteiger partial charge in [0.15, 0.2) is 0 Å². The molecular formula is C6H6N3O3WY3-3. The summed E-state index contributed by atoms with van der Waals surface area (Å²) >= 11 is 0. The van der Waals surface area contributed by atoms with Crippen molar-refractivity contribution in [2.75, 3.05) is 6.61 Å². The van der Waals surface area contributed by atoms with E-state index in [1.165, 1.54) is 4.57 Å². The molecule has 0 spiro atoms. The minimum absolute atomic E-state index is 0. The summed E-state index contributed by atoms with van der Waals surface area (Å²) in [4.78, 5) is 13.1. The van der Waals surface area contributed by atoms with Gasteiger partial charge in [-0.25, -0.2) is 7.11 Å². The summed E-state index contributed by atoms with van der Waals surface area (Å²) in [6.45, 7) is 0.581. The fourth-order valence-corrected chi connectivity index (χ4v) is 0.694. The summed E-state index contributed by atoms with van der Waals surface area (Å²) in [6.07, 6.45) is 4.58. The van der Waals surface area contributed by atoms with E-state index in [2.05, 4.69) is 29.4 Å². The predicted molar refractivity (Wildman–Crippen MR) is 37.9 cm³/mol. The molecule has 0 saturated heterocycles. The van der Waals surface area contributed by atoms with E-state index in [1.807, 2.05) is 0 Å². The van der Waals surface area contributed by atoms with E-state index in [0.717, 1.165) is 0 Å². The van der Waals surface area contributed by atoms with Gasteiger partial charge in [-0.05, 0) is 0 Å². The first-order valence-electron chi connectivity index (χ1n) is 3.13. The van der Waals surface area contributed by atoms with Crippen LogP contribution in [0.5, 0.6) is 0 Å². The Labute approximate surface area is 183 Å². The Morgan fingerprint density at radius 2 is 2.06 bits per heavy atom. The summed E-state index contributed by atoms with van der Waals surface area (Å²) in [5, 5.41) is 10.3. The second-order valence-corrected chi connectivity index (χ2v) is 1.96. The molecule has 0 aliphatic heterocycles. The SMILES string of the molecule is [CH2-]OCCn1[c-]n[c-]c1[N+](=O)[O-].[W].[Y].[Y].[Y]. The van der Waals surface area contributed by atoms with E-state index < -0.39 is 4.92 Å². The number of imidazole rings is 1. The molecule has 1 aromatic rings. The third kappa shape index (κ3) is 9.49. The van der Waals surface area contributed by atoms with E-state index in [9.17, 15) is 10.1 Å². The summed E-state index contributed by atoms with van der Waals surface area (Å²) in [5.41, 5.74) is 0. The molecule has 0 saturated carbocycles. The van der Waals surface area contributed by atoms with Crippen LogP contribution >= 0.6 is 0 Å². The third-order valence-corrected chi connectivity index (χ3v) is 1.21. The molecule has 0 amide bonds. The van der Waals surface area contributed by atoms with Crippen LogP contribution in [0.1, 0.15) is 0 Å². The maximum atomic E-state index is 10.3. The average Bonchev–Trinajstić information content (AvgIpc) is 2.48. The topological polar surface area (TPSA) is 70.2 Å². The van der Waals surface area contributed by atoms with Crippen LogP contribution in [0.25, 0.3) is 0 Å². The maximum absolute atomic E-state index is 10.3. The van der Waals surface area contributed by atoms with Crippen LogP contribution in [-0.4, -0.2) is 21.1 Å². The van der Waals surface area contributed by atoms with Crippen LogP contribution < -0.4 is 0 Å². The molecule has 6 nitrogen and oxygen atoms in total. The van der Waals surface area contributed by atoms with E-state index in [1.54, 1.807) is 0 Å². The zero-order valence-electron chi connectivity index (χ0n) is 8.33. The molecule has 0 aliphatic rings. The predicted octanol–water partition coefficient (Wildman–Crippen LogP) is 0.190. The standard InChI is InChI=1S/C6H6N3O3.W.3Y/c1-12-3-2-8-5-7-4-6(8)9(10)11;;;;/h1-3H2;;;;/q-3;;;;. The van der Waals surface area contributed by atoms with Gasteiger partial charge in [-0.3, -0.25) is 6.20 Å². The molecule has 0 atom stereocenters. The van der Waals surface area contributed by atoms with Crippen molar-refractivity contribution in [1.82, 2.24) is 9.55 Å². The monoisotopic (exact) mass is 619 g/mol. The molecule has 1 heterocycles. The minimum atomic E-state index is -0.577. The van der Waals surface area contributed by atoms with Crippen molar-refractivity contribution in [3.05, 3.63) is 29.7 Å². The van der Waals surface area contributed by atoms with Gasteiger partial charge in [0.05, 0.1) is 6.54 Å². The van der Waals surface area contributed by atoms with Crippen LogP contribution in [0.15, 0.2) is 0 Å². The Hall–Kier alpha value is 2.57. The van der Waals surface area contributed by atoms with Crippen LogP contribution in [-0.2, 0) is 130 Å². The van der Waals surface area contributed by atoms with Crippen LogP contribution in [0.3, 0.4) is 0 Å². The van der Waals surface area contributed by atoms with E-state index in [4.69, 9.17) is 0 Å². The van der Waals surface area contributed by atoms with Crippen molar-refractivity contribution in [2.24, 2.45) is 0 Å². The molecule has 0 fully saturated rings. The van der Waals surface area contributed by atoms with Crippen LogP contribution in [0, 0.1) is 29.7 Å². The molecule has 0 unspecified atom stereocenters. The molecule has 3 radical (unpaired) electrons. The molecular weight excluding hydrogens is 613 g/mol. The zero-order chi connectivity index (χ0) is 8.97. The van der Waals surface area contributed by atoms with Crippen molar-refractivity contribution < 1.29 is 129 Å². The normalized spacial score (nSPS) is 7.56. The van der Waals surface area contributed by atoms with Crippen LogP contribution in [0.4, 0.5) is 5.82 Å². The molecule has 0 bridgehead atoms. The first kappa shape index (κ1) is 27.0. The van der Waals surface area contributed by atoms with Gasteiger partial charge >= 0.3 is 0 Å². The molecule has 0 aromatic carbocycles. The van der Waals surface area contributed by atoms with Gasteiger partial charge in [0.1, 0.15) is 0 Å². The average molecular weight is 619 g/mol. The number of ether oxygens (including phenoxy) is 1. The number of nitro groups is 1. The van der Waals surface area contributed by atoms with Crippen LogP contribution in [0.2, 0.25) is 0 Å². The first-order valence-corrected chi connectivity index (χ1v) is 3.13. The quantitative estimate of drug-likeness (QED) is 0.275. The smallest absolute Gasteiger partial charge is 0.0673 e. The fraction of sp³-hybridized carbons (Fsp3) is 0.333. The van der Waals surface area contributed by atoms with Crippen molar-refractivity contribution >= 4 is 5.82 Å². The summed E-state index contributed by atoms with van der Waals surface area (Å²) < 4.78 is 5.71. The maximum Gasteiger partial charge on any atom is 0.0673 e. The van der Waals surface area contributed by atoms with E-state index in [-0.39, 0.29) is 132 Å². The molecule has 10 heteroatoms. The molecule has 1 aromatic heterocycles. The molecule has 81 valence electrons. The molecule has 1 rings (SSSR count). The third-order valence-electron chi connectivity index (χ3n) is 1.21. The van der Waals surface area contributed by atoms with Gasteiger partial charge in [-0.2, -0.15) is 4.92 Å². The number of hydrogen-bond acceptors (Lipinski definition) is 4. The van der Waals surface area contributed by atoms with E-state index in [0.29, 0.717) is 6.54 Å². The van der Waals surface area contributed by atoms with Crippen molar-refractivity contribution in [1.29, 1.82) is 0 Å². The summed E-state index contributed by atoms with van der Waals surface area (Å²) in [7, 11) is 3.13. The van der Waals surface area contributed by atoms with Gasteiger partial charge in [-0.1, -0.05) is 6.33 Å². The number of aromatic nitrogens is 2. The fourth-order valence-electron chi connectivity index (χ4n) is 0.694. The largest absolute Gasteiger partial charge is 0.552 e. The Bertz CT molecular complexity index is 287. The second kappa shape index (κ2) is 15.6. The van der Waals surface area contributed by atoms with E-state index >= 15 is 0 Å². The summed E-state index contributed by atoms with van der Waals surface area (Å²) in [6, 6.07) is 0. The van der Waals surface area contributed by atoms with Crippen molar-refractivity contribution in [3.8, 4) is 0 Å². The van der Waals surface area contributed by atoms with Crippen molar-refractivity contribution in [3.63, 3.8) is 0 Å². The Balaban J connectivity index is -0.000000180. The summed E-state index contributed by atoms with van der Waals surface area (Å²) in [5.74, 6) is -0.216. The number of hydrogen-bond donors (Lipinski definition) is 0. The minimum Gasteiger partial charge on any atom is -0.552 e. The second-order valence-electron chi connectivity index (χ2n) is 1.96. The molecule has 0 N–H and O–H groups in total. The molecule has 16 heavy (non-hydrogen) atoms. The Morgan fingerprint density at radius 3 is 2.50 bits per heavy atom. The Morgan fingerprint density at radius 1 is 1.50 bits per heavy atom. The first-order chi connectivity index (χ1) is 5.75. The number of nitrogens with zero attached hydrogens (tertiary/aromatic N) is 3. The van der Waals surface area contributed by atoms with Gasteiger partial charge in [0.25, 0.3) is 0 Å². The van der Waals surface area contributed by atoms with Gasteiger partial charge in [0, 0.05) is 132 Å². The van der Waals surface area contributed by atoms with Gasteiger partial charge in [0.2, 0.25) is 0 Å². The van der Waals surface area contributed by atoms with Gasteiger partial charge < -0.3 is 24.4 Å². The Kier molecular flexibility index (Phi) is 26.4. The van der Waals surface area contributed by atoms with Gasteiger partial charge in [-0.15, -0.1) is 0 Å². The zero-order valence-corrected chi connectivity index (χ0v) is 19.8. The number of rotatable bonds is 4. The van der Waals surface area contributed by atoms with Crippen molar-refractivity contribution in [2.45, 2.75) is 6.54 Å². The molecule has 0 aliphatic carbocycles.